The number of carbonyl (C=O) groups is 1. The van der Waals surface area contributed by atoms with Crippen molar-refractivity contribution >= 4 is 28.4 Å². The highest BCUT2D eigenvalue weighted by molar-refractivity contribution is 5.97. The lowest BCUT2D eigenvalue weighted by molar-refractivity contribution is -0.119. The Bertz CT molecular complexity index is 1120. The third kappa shape index (κ3) is 4.48. The van der Waals surface area contributed by atoms with Crippen molar-refractivity contribution < 1.29 is 14.1 Å². The molecule has 1 amide bonds. The van der Waals surface area contributed by atoms with Crippen LogP contribution in [0.4, 0.5) is 11.5 Å². The molecule has 3 heterocycles. The summed E-state index contributed by atoms with van der Waals surface area (Å²) in [4.78, 5) is 19.3. The van der Waals surface area contributed by atoms with Crippen LogP contribution in [0.15, 0.2) is 47.0 Å². The highest BCUT2D eigenvalue weighted by Crippen LogP contribution is 2.36. The lowest BCUT2D eigenvalue weighted by atomic mass is 9.89. The van der Waals surface area contributed by atoms with E-state index in [1.54, 1.807) is 7.11 Å². The average molecular weight is 449 g/mol. The molecule has 2 aliphatic rings. The number of amides is 1. The van der Waals surface area contributed by atoms with E-state index in [1.807, 2.05) is 23.1 Å². The van der Waals surface area contributed by atoms with Gasteiger partial charge in [-0.1, -0.05) is 36.3 Å². The maximum absolute atomic E-state index is 12.5. The standard InChI is InChI=1S/C26H32N4O3/c1-19-17-25(31)30(15-16-32-2)23-8-7-20(18-22(19)23)9-10-28-11-13-29(14-12-28)26-21-5-3-4-6-24(21)33-27-26/h3-8,18-19H,9-17H2,1-2H3. The molecule has 1 unspecified atom stereocenters. The van der Waals surface area contributed by atoms with Crippen molar-refractivity contribution in [3.05, 3.63) is 53.6 Å². The van der Waals surface area contributed by atoms with E-state index in [1.165, 1.54) is 11.1 Å². The molecular formula is C26H32N4O3. The number of nitrogens with zero attached hydrogens (tertiary/aromatic N) is 4. The lowest BCUT2D eigenvalue weighted by Gasteiger charge is -2.35. The van der Waals surface area contributed by atoms with E-state index in [0.717, 1.165) is 61.6 Å². The van der Waals surface area contributed by atoms with Gasteiger partial charge >= 0.3 is 0 Å². The maximum atomic E-state index is 12.5. The van der Waals surface area contributed by atoms with Crippen molar-refractivity contribution in [2.45, 2.75) is 25.7 Å². The molecule has 7 nitrogen and oxygen atoms in total. The van der Waals surface area contributed by atoms with Crippen molar-refractivity contribution in [3.63, 3.8) is 0 Å². The summed E-state index contributed by atoms with van der Waals surface area (Å²) in [5, 5.41) is 5.40. The number of carbonyl (C=O) groups excluding carboxylic acids is 1. The SMILES string of the molecule is COCCN1C(=O)CC(C)c2cc(CCN3CCN(c4noc5ccccc45)CC3)ccc21. The van der Waals surface area contributed by atoms with Gasteiger partial charge in [-0.15, -0.1) is 0 Å². The predicted molar refractivity (Wildman–Crippen MR) is 130 cm³/mol. The van der Waals surface area contributed by atoms with Crippen LogP contribution in [0.3, 0.4) is 0 Å². The summed E-state index contributed by atoms with van der Waals surface area (Å²) in [5.74, 6) is 1.41. The number of benzene rings is 2. The molecule has 5 rings (SSSR count). The minimum absolute atomic E-state index is 0.192. The van der Waals surface area contributed by atoms with E-state index in [9.17, 15) is 4.79 Å². The van der Waals surface area contributed by atoms with E-state index >= 15 is 0 Å². The van der Waals surface area contributed by atoms with Crippen LogP contribution in [0, 0.1) is 0 Å². The average Bonchev–Trinajstić information content (AvgIpc) is 3.27. The lowest BCUT2D eigenvalue weighted by Crippen LogP contribution is -2.47. The first-order valence-electron chi connectivity index (χ1n) is 11.9. The largest absolute Gasteiger partial charge is 0.383 e. The summed E-state index contributed by atoms with van der Waals surface area (Å²) < 4.78 is 10.7. The zero-order valence-corrected chi connectivity index (χ0v) is 19.5. The smallest absolute Gasteiger partial charge is 0.227 e. The topological polar surface area (TPSA) is 62.1 Å². The zero-order chi connectivity index (χ0) is 22.8. The van der Waals surface area contributed by atoms with Crippen molar-refractivity contribution in [1.29, 1.82) is 0 Å². The molecular weight excluding hydrogens is 416 g/mol. The first-order chi connectivity index (χ1) is 16.1. The van der Waals surface area contributed by atoms with Gasteiger partial charge in [-0.2, -0.15) is 0 Å². The first-order valence-corrected chi connectivity index (χ1v) is 11.9. The number of anilines is 2. The Morgan fingerprint density at radius 1 is 1.09 bits per heavy atom. The molecule has 0 N–H and O–H groups in total. The number of hydrogen-bond acceptors (Lipinski definition) is 6. The van der Waals surface area contributed by atoms with E-state index in [2.05, 4.69) is 46.1 Å². The van der Waals surface area contributed by atoms with Crippen LogP contribution in [-0.4, -0.2) is 68.9 Å². The number of aromatic nitrogens is 1. The highest BCUT2D eigenvalue weighted by atomic mass is 16.5. The molecule has 0 spiro atoms. The summed E-state index contributed by atoms with van der Waals surface area (Å²) in [5.41, 5.74) is 4.52. The van der Waals surface area contributed by atoms with Gasteiger partial charge in [0.1, 0.15) is 0 Å². The number of rotatable bonds is 7. The number of para-hydroxylation sites is 1. The van der Waals surface area contributed by atoms with Crippen LogP contribution in [0.2, 0.25) is 0 Å². The molecule has 0 radical (unpaired) electrons. The second kappa shape index (κ2) is 9.53. The van der Waals surface area contributed by atoms with Crippen molar-refractivity contribution in [2.75, 3.05) is 62.8 Å². The van der Waals surface area contributed by atoms with E-state index in [4.69, 9.17) is 9.26 Å². The maximum Gasteiger partial charge on any atom is 0.227 e. The van der Waals surface area contributed by atoms with Crippen LogP contribution in [0.1, 0.15) is 30.4 Å². The van der Waals surface area contributed by atoms with Gasteiger partial charge in [-0.3, -0.25) is 9.69 Å². The summed E-state index contributed by atoms with van der Waals surface area (Å²) in [7, 11) is 1.68. The third-order valence-electron chi connectivity index (χ3n) is 6.96. The predicted octanol–water partition coefficient (Wildman–Crippen LogP) is 3.68. The minimum atomic E-state index is 0.192. The number of methoxy groups -OCH3 is 1. The molecule has 33 heavy (non-hydrogen) atoms. The number of hydrogen-bond donors (Lipinski definition) is 0. The highest BCUT2D eigenvalue weighted by Gasteiger charge is 2.29. The Morgan fingerprint density at radius 3 is 2.73 bits per heavy atom. The number of piperazine rings is 1. The molecule has 0 aliphatic carbocycles. The van der Waals surface area contributed by atoms with Crippen molar-refractivity contribution in [1.82, 2.24) is 10.1 Å². The number of fused-ring (bicyclic) bond motifs is 2. The Morgan fingerprint density at radius 2 is 1.91 bits per heavy atom. The van der Waals surface area contributed by atoms with E-state index in [0.29, 0.717) is 19.6 Å². The second-order valence-electron chi connectivity index (χ2n) is 9.12. The quantitative estimate of drug-likeness (QED) is 0.550. The molecule has 1 atom stereocenters. The molecule has 2 aliphatic heterocycles. The fourth-order valence-electron chi connectivity index (χ4n) is 5.02. The van der Waals surface area contributed by atoms with E-state index in [-0.39, 0.29) is 11.8 Å². The Kier molecular flexibility index (Phi) is 6.33. The Balaban J connectivity index is 1.19. The van der Waals surface area contributed by atoms with Crippen LogP contribution < -0.4 is 9.80 Å². The van der Waals surface area contributed by atoms with Crippen molar-refractivity contribution in [3.8, 4) is 0 Å². The summed E-state index contributed by atoms with van der Waals surface area (Å²) in [6, 6.07) is 14.7. The third-order valence-corrected chi connectivity index (χ3v) is 6.96. The zero-order valence-electron chi connectivity index (χ0n) is 19.5. The van der Waals surface area contributed by atoms with Gasteiger partial charge in [0, 0.05) is 58.5 Å². The fraction of sp³-hybridized carbons (Fsp3) is 0.462. The van der Waals surface area contributed by atoms with Gasteiger partial charge in [-0.05, 0) is 41.7 Å². The van der Waals surface area contributed by atoms with Crippen LogP contribution in [0.25, 0.3) is 11.0 Å². The summed E-state index contributed by atoms with van der Waals surface area (Å²) in [6.07, 6.45) is 1.58. The van der Waals surface area contributed by atoms with Gasteiger partial charge in [0.25, 0.3) is 0 Å². The molecule has 174 valence electrons. The normalized spacial score (nSPS) is 19.3. The Labute approximate surface area is 194 Å². The molecule has 1 aromatic heterocycles. The van der Waals surface area contributed by atoms with Gasteiger partial charge in [-0.25, -0.2) is 0 Å². The fourth-order valence-corrected chi connectivity index (χ4v) is 5.02. The van der Waals surface area contributed by atoms with Crippen LogP contribution in [0.5, 0.6) is 0 Å². The summed E-state index contributed by atoms with van der Waals surface area (Å²) >= 11 is 0. The number of ether oxygens (including phenoxy) is 1. The second-order valence-corrected chi connectivity index (χ2v) is 9.12. The minimum Gasteiger partial charge on any atom is -0.383 e. The van der Waals surface area contributed by atoms with Gasteiger partial charge in [0.2, 0.25) is 5.91 Å². The Hall–Kier alpha value is -2.90. The molecule has 0 bridgehead atoms. The molecule has 1 saturated heterocycles. The molecule has 3 aromatic rings. The molecule has 0 saturated carbocycles. The molecule has 2 aromatic carbocycles. The first kappa shape index (κ1) is 21.9. The summed E-state index contributed by atoms with van der Waals surface area (Å²) in [6.45, 7) is 8.29. The molecule has 1 fully saturated rings. The van der Waals surface area contributed by atoms with Crippen molar-refractivity contribution in [2.24, 2.45) is 0 Å². The van der Waals surface area contributed by atoms with Gasteiger partial charge in [0.15, 0.2) is 11.4 Å². The van der Waals surface area contributed by atoms with Crippen LogP contribution in [-0.2, 0) is 16.0 Å². The molecule has 7 heteroatoms. The monoisotopic (exact) mass is 448 g/mol. The van der Waals surface area contributed by atoms with Crippen LogP contribution >= 0.6 is 0 Å². The van der Waals surface area contributed by atoms with Gasteiger partial charge in [0.05, 0.1) is 12.0 Å². The van der Waals surface area contributed by atoms with Gasteiger partial charge < -0.3 is 19.1 Å². The van der Waals surface area contributed by atoms with E-state index < -0.39 is 0 Å².